The van der Waals surface area contributed by atoms with Gasteiger partial charge in [0, 0.05) is 0 Å². The molecule has 2 heterocycles. The molecule has 4 heteroatoms. The highest BCUT2D eigenvalue weighted by atomic mass is 15.2. The molecule has 1 saturated heterocycles. The summed E-state index contributed by atoms with van der Waals surface area (Å²) in [4.78, 5) is 4.90. The first-order valence-electron chi connectivity index (χ1n) is 8.52. The van der Waals surface area contributed by atoms with Crippen LogP contribution in [0.25, 0.3) is 0 Å². The van der Waals surface area contributed by atoms with E-state index in [-0.39, 0.29) is 5.54 Å². The molecule has 3 N–H and O–H groups in total. The van der Waals surface area contributed by atoms with Crippen molar-refractivity contribution < 1.29 is 0 Å². The number of aliphatic imine (C=N–C) groups is 1. The zero-order valence-electron chi connectivity index (χ0n) is 14.4. The molecule has 2 aliphatic rings. The largest absolute Gasteiger partial charge is 0.371 e. The van der Waals surface area contributed by atoms with Crippen LogP contribution in [0.1, 0.15) is 18.4 Å². The van der Waals surface area contributed by atoms with Crippen molar-refractivity contribution in [2.75, 3.05) is 30.3 Å². The highest BCUT2D eigenvalue weighted by Gasteiger charge is 2.40. The predicted octanol–water partition coefficient (Wildman–Crippen LogP) is 3.65. The molecule has 1 aromatic carbocycles. The summed E-state index contributed by atoms with van der Waals surface area (Å²) in [7, 11) is 0. The second-order valence-corrected chi connectivity index (χ2v) is 6.48. The Bertz CT molecular complexity index is 694. The number of allylic oxidation sites excluding steroid dienone is 2. The lowest BCUT2D eigenvalue weighted by Gasteiger charge is -2.44. The van der Waals surface area contributed by atoms with E-state index in [0.29, 0.717) is 6.54 Å². The third-order valence-electron chi connectivity index (χ3n) is 4.73. The fourth-order valence-corrected chi connectivity index (χ4v) is 3.35. The molecule has 126 valence electrons. The quantitative estimate of drug-likeness (QED) is 0.742. The van der Waals surface area contributed by atoms with Gasteiger partial charge in [-0.1, -0.05) is 37.5 Å². The monoisotopic (exact) mass is 322 g/mol. The van der Waals surface area contributed by atoms with E-state index >= 15 is 0 Å². The number of piperidine rings is 1. The van der Waals surface area contributed by atoms with Crippen LogP contribution in [-0.2, 0) is 0 Å². The van der Waals surface area contributed by atoms with Crippen LogP contribution in [-0.4, -0.2) is 31.0 Å². The molecule has 2 aliphatic heterocycles. The molecule has 0 atom stereocenters. The highest BCUT2D eigenvalue weighted by molar-refractivity contribution is 6.09. The van der Waals surface area contributed by atoms with Gasteiger partial charge in [0.05, 0.1) is 23.5 Å². The Balaban J connectivity index is 1.95. The molecule has 0 bridgehead atoms. The van der Waals surface area contributed by atoms with Gasteiger partial charge in [-0.15, -0.1) is 0 Å². The topological polar surface area (TPSA) is 48.5 Å². The van der Waals surface area contributed by atoms with E-state index in [9.17, 15) is 0 Å². The van der Waals surface area contributed by atoms with Crippen molar-refractivity contribution in [3.63, 3.8) is 0 Å². The molecule has 24 heavy (non-hydrogen) atoms. The molecule has 3 rings (SSSR count). The number of hydrogen-bond donors (Lipinski definition) is 3. The Morgan fingerprint density at radius 2 is 2.04 bits per heavy atom. The lowest BCUT2D eigenvalue weighted by Crippen LogP contribution is -2.57. The Kier molecular flexibility index (Phi) is 4.86. The molecular weight excluding hydrogens is 296 g/mol. The summed E-state index contributed by atoms with van der Waals surface area (Å²) >= 11 is 0. The number of amidine groups is 1. The minimum absolute atomic E-state index is 0.119. The smallest absolute Gasteiger partial charge is 0.127 e. The maximum Gasteiger partial charge on any atom is 0.127 e. The molecule has 0 amide bonds. The van der Waals surface area contributed by atoms with Gasteiger partial charge in [-0.05, 0) is 56.1 Å². The van der Waals surface area contributed by atoms with Gasteiger partial charge in [0.15, 0.2) is 0 Å². The first-order valence-corrected chi connectivity index (χ1v) is 8.52. The number of nitrogens with one attached hydrogen (secondary N) is 3. The van der Waals surface area contributed by atoms with Crippen molar-refractivity contribution in [2.45, 2.75) is 25.3 Å². The second-order valence-electron chi connectivity index (χ2n) is 6.48. The van der Waals surface area contributed by atoms with Crippen molar-refractivity contribution in [3.8, 4) is 0 Å². The lowest BCUT2D eigenvalue weighted by atomic mass is 9.84. The predicted molar refractivity (Wildman–Crippen MR) is 104 cm³/mol. The third kappa shape index (κ3) is 3.29. The van der Waals surface area contributed by atoms with Crippen LogP contribution in [0.3, 0.4) is 0 Å². The van der Waals surface area contributed by atoms with Crippen molar-refractivity contribution >= 4 is 17.2 Å². The number of benzene rings is 1. The van der Waals surface area contributed by atoms with Crippen LogP contribution in [0.5, 0.6) is 0 Å². The van der Waals surface area contributed by atoms with Crippen LogP contribution in [0, 0.1) is 6.92 Å². The average Bonchev–Trinajstić information content (AvgIpc) is 2.59. The molecule has 0 aromatic heterocycles. The van der Waals surface area contributed by atoms with E-state index in [1.807, 2.05) is 12.2 Å². The minimum Gasteiger partial charge on any atom is -0.371 e. The number of anilines is 2. The first kappa shape index (κ1) is 16.5. The average molecular weight is 322 g/mol. The summed E-state index contributed by atoms with van der Waals surface area (Å²) in [5.74, 6) is 1.03. The molecule has 0 radical (unpaired) electrons. The van der Waals surface area contributed by atoms with E-state index in [2.05, 4.69) is 54.2 Å². The molecule has 1 aromatic rings. The molecule has 0 unspecified atom stereocenters. The van der Waals surface area contributed by atoms with E-state index in [1.165, 1.54) is 11.3 Å². The van der Waals surface area contributed by atoms with E-state index in [1.54, 1.807) is 6.08 Å². The van der Waals surface area contributed by atoms with E-state index in [0.717, 1.165) is 43.0 Å². The van der Waals surface area contributed by atoms with Crippen molar-refractivity contribution in [2.24, 2.45) is 4.99 Å². The van der Waals surface area contributed by atoms with Gasteiger partial charge < -0.3 is 16.0 Å². The number of aryl methyl sites for hydroxylation is 1. The molecular formula is C20H26N4. The Hall–Kier alpha value is -2.33. The zero-order valence-corrected chi connectivity index (χ0v) is 14.4. The summed E-state index contributed by atoms with van der Waals surface area (Å²) in [6.45, 7) is 12.3. The third-order valence-corrected chi connectivity index (χ3v) is 4.73. The summed E-state index contributed by atoms with van der Waals surface area (Å²) in [5.41, 5.74) is 4.47. The molecule has 4 nitrogen and oxygen atoms in total. The number of nitrogens with zero attached hydrogens (tertiary/aromatic N) is 1. The first-order chi connectivity index (χ1) is 11.7. The van der Waals surface area contributed by atoms with E-state index < -0.39 is 0 Å². The van der Waals surface area contributed by atoms with Crippen molar-refractivity contribution in [1.82, 2.24) is 5.32 Å². The van der Waals surface area contributed by atoms with Gasteiger partial charge in [-0.3, -0.25) is 4.99 Å². The van der Waals surface area contributed by atoms with Gasteiger partial charge in [-0.2, -0.15) is 0 Å². The van der Waals surface area contributed by atoms with Gasteiger partial charge in [0.25, 0.3) is 0 Å². The van der Waals surface area contributed by atoms with Crippen molar-refractivity contribution in [3.05, 3.63) is 60.7 Å². The zero-order chi connectivity index (χ0) is 17.0. The Labute approximate surface area is 144 Å². The van der Waals surface area contributed by atoms with Crippen LogP contribution in [0.15, 0.2) is 60.2 Å². The maximum atomic E-state index is 4.90. The van der Waals surface area contributed by atoms with E-state index in [4.69, 9.17) is 4.99 Å². The maximum absolute atomic E-state index is 4.90. The van der Waals surface area contributed by atoms with Gasteiger partial charge >= 0.3 is 0 Å². The SMILES string of the molecule is C=C/C=C(\C=C)CN=C1Nc2ccc(C)cc2NC12CCNCC2. The standard InChI is InChI=1S/C20H26N4/c1-4-6-16(5-2)14-22-19-20(9-11-21-12-10-20)24-18-13-15(3)7-8-17(18)23-19/h4-8,13,21,24H,1-2,9-12,14H2,3H3,(H,22,23)/b16-6+. The summed E-state index contributed by atoms with van der Waals surface area (Å²) in [5, 5.41) is 10.8. The lowest BCUT2D eigenvalue weighted by molar-refractivity contribution is 0.419. The van der Waals surface area contributed by atoms with Crippen LogP contribution < -0.4 is 16.0 Å². The van der Waals surface area contributed by atoms with Gasteiger partial charge in [-0.25, -0.2) is 0 Å². The van der Waals surface area contributed by atoms with Crippen LogP contribution >= 0.6 is 0 Å². The summed E-state index contributed by atoms with van der Waals surface area (Å²) in [6, 6.07) is 6.45. The summed E-state index contributed by atoms with van der Waals surface area (Å²) in [6.07, 6.45) is 7.61. The second kappa shape index (κ2) is 7.05. The molecule has 0 saturated carbocycles. The Morgan fingerprint density at radius 1 is 1.25 bits per heavy atom. The fourth-order valence-electron chi connectivity index (χ4n) is 3.35. The number of fused-ring (bicyclic) bond motifs is 1. The van der Waals surface area contributed by atoms with Crippen LogP contribution in [0.2, 0.25) is 0 Å². The van der Waals surface area contributed by atoms with Gasteiger partial charge in [0.2, 0.25) is 0 Å². The molecule has 1 spiro atoms. The summed E-state index contributed by atoms with van der Waals surface area (Å²) < 4.78 is 0. The normalized spacial score (nSPS) is 20.9. The number of rotatable bonds is 4. The minimum atomic E-state index is -0.119. The highest BCUT2D eigenvalue weighted by Crippen LogP contribution is 2.36. The fraction of sp³-hybridized carbons (Fsp3) is 0.350. The molecule has 0 aliphatic carbocycles. The Morgan fingerprint density at radius 3 is 2.75 bits per heavy atom. The number of hydrogen-bond acceptors (Lipinski definition) is 3. The van der Waals surface area contributed by atoms with Crippen LogP contribution in [0.4, 0.5) is 11.4 Å². The molecule has 1 fully saturated rings. The van der Waals surface area contributed by atoms with Gasteiger partial charge in [0.1, 0.15) is 5.84 Å². The van der Waals surface area contributed by atoms with Crippen molar-refractivity contribution in [1.29, 1.82) is 0 Å².